The summed E-state index contributed by atoms with van der Waals surface area (Å²) in [7, 11) is -4.41. The summed E-state index contributed by atoms with van der Waals surface area (Å²) in [6.45, 7) is 6.25. The molecule has 5 rings (SSSR count). The van der Waals surface area contributed by atoms with Gasteiger partial charge in [0.05, 0.1) is 31.6 Å². The van der Waals surface area contributed by atoms with Crippen LogP contribution in [0.2, 0.25) is 10.0 Å². The molecule has 5 aromatic rings. The van der Waals surface area contributed by atoms with E-state index in [2.05, 4.69) is 55.5 Å². The van der Waals surface area contributed by atoms with Crippen LogP contribution in [-0.2, 0) is 22.0 Å². The predicted octanol–water partition coefficient (Wildman–Crippen LogP) is 5.39. The number of benzene rings is 4. The van der Waals surface area contributed by atoms with Crippen LogP contribution in [0.4, 0.5) is 0 Å². The Morgan fingerprint density at radius 3 is 2.25 bits per heavy atom. The zero-order chi connectivity index (χ0) is 33.8. The fourth-order valence-electron chi connectivity index (χ4n) is 5.01. The molecular weight excluding hydrogens is 682 g/mol. The van der Waals surface area contributed by atoms with E-state index < -0.39 is 21.8 Å². The van der Waals surface area contributed by atoms with Gasteiger partial charge in [-0.05, 0) is 64.9 Å². The fourth-order valence-corrected chi connectivity index (χ4v) is 5.65. The maximum absolute atomic E-state index is 12.5. The molecule has 0 fully saturated rings. The van der Waals surface area contributed by atoms with Gasteiger partial charge in [-0.3, -0.25) is 4.79 Å². The molecule has 1 unspecified atom stereocenters. The summed E-state index contributed by atoms with van der Waals surface area (Å²) in [5, 5.41) is 7.79. The Labute approximate surface area is 312 Å². The van der Waals surface area contributed by atoms with E-state index in [1.54, 1.807) is 30.3 Å². The van der Waals surface area contributed by atoms with Crippen LogP contribution in [0.15, 0.2) is 102 Å². The predicted molar refractivity (Wildman–Crippen MR) is 183 cm³/mol. The molecule has 0 saturated heterocycles. The Bertz CT molecular complexity index is 1980. The molecular formula is C36H33Cl2N2NaO6S. The Balaban J connectivity index is 0.00000520. The van der Waals surface area contributed by atoms with Crippen LogP contribution in [0, 0.1) is 0 Å². The summed E-state index contributed by atoms with van der Waals surface area (Å²) in [6.07, 6.45) is 0.567. The fraction of sp³-hybridized carbons (Fsp3) is 0.222. The topological polar surface area (TPSA) is 122 Å². The number of nitrogens with one attached hydrogen (secondary N) is 1. The van der Waals surface area contributed by atoms with Gasteiger partial charge in [0.2, 0.25) is 0 Å². The number of hydrogen-bond donors (Lipinski definition) is 1. The van der Waals surface area contributed by atoms with E-state index in [1.165, 1.54) is 5.56 Å². The van der Waals surface area contributed by atoms with Gasteiger partial charge in [0.15, 0.2) is 5.76 Å². The van der Waals surface area contributed by atoms with Crippen LogP contribution in [0.1, 0.15) is 59.4 Å². The van der Waals surface area contributed by atoms with Crippen LogP contribution in [-0.4, -0.2) is 36.3 Å². The first-order chi connectivity index (χ1) is 22.2. The summed E-state index contributed by atoms with van der Waals surface area (Å²) in [5.74, 6) is 0.420. The maximum Gasteiger partial charge on any atom is 1.00 e. The molecule has 1 heterocycles. The summed E-state index contributed by atoms with van der Waals surface area (Å²) < 4.78 is 44.4. The quantitative estimate of drug-likeness (QED) is 0.144. The van der Waals surface area contributed by atoms with Gasteiger partial charge in [-0.15, -0.1) is 0 Å². The van der Waals surface area contributed by atoms with Crippen molar-refractivity contribution in [2.24, 2.45) is 0 Å². The summed E-state index contributed by atoms with van der Waals surface area (Å²) in [6, 6.07) is 30.0. The van der Waals surface area contributed by atoms with E-state index in [9.17, 15) is 17.8 Å². The Morgan fingerprint density at radius 1 is 0.917 bits per heavy atom. The number of hydrogen-bond acceptors (Lipinski definition) is 7. The molecule has 1 amide bonds. The van der Waals surface area contributed by atoms with Crippen molar-refractivity contribution in [2.75, 3.05) is 12.3 Å². The molecule has 8 nitrogen and oxygen atoms in total. The molecule has 1 N–H and O–H groups in total. The standard InChI is InChI=1S/C36H34Cl2N2O6S.Na/c1-36(2,3)27-13-11-24(12-14-27)30(19-23-7-9-25(10-8-23)35(41)39-17-18-47(42,43)44)33-22-34(46-40-33)26-5-4-6-28(20-26)45-29-15-16-31(37)32(38)21-29;/h4-16,20-22,30H,17-19H2,1-3H3,(H,39,41)(H,42,43,44);/q;+1/p-1. The minimum atomic E-state index is -4.41. The molecule has 0 bridgehead atoms. The van der Waals surface area contributed by atoms with Gasteiger partial charge in [-0.25, -0.2) is 8.42 Å². The zero-order valence-electron chi connectivity index (χ0n) is 27.0. The molecule has 244 valence electrons. The first kappa shape index (κ1) is 37.7. The molecule has 0 aliphatic carbocycles. The van der Waals surface area contributed by atoms with E-state index in [4.69, 9.17) is 32.5 Å². The van der Waals surface area contributed by atoms with Crippen LogP contribution in [0.5, 0.6) is 11.5 Å². The number of halogens is 2. The van der Waals surface area contributed by atoms with E-state index in [0.29, 0.717) is 39.3 Å². The maximum atomic E-state index is 12.5. The SMILES string of the molecule is CC(C)(C)c1ccc(C(Cc2ccc(C(=O)NCCS(=O)(=O)[O-])cc2)c2cc(-c3cccc(Oc4ccc(Cl)c(Cl)c4)c3)on2)cc1.[Na+]. The molecule has 0 aliphatic heterocycles. The summed E-state index contributed by atoms with van der Waals surface area (Å²) >= 11 is 12.2. The van der Waals surface area contributed by atoms with Crippen molar-refractivity contribution < 1.29 is 56.6 Å². The first-order valence-corrected chi connectivity index (χ1v) is 17.2. The third kappa shape index (κ3) is 10.2. The second-order valence-corrected chi connectivity index (χ2v) is 14.5. The molecule has 0 radical (unpaired) electrons. The largest absolute Gasteiger partial charge is 1.00 e. The molecule has 1 atom stereocenters. The van der Waals surface area contributed by atoms with Crippen molar-refractivity contribution in [3.05, 3.63) is 135 Å². The second kappa shape index (κ2) is 16.0. The van der Waals surface area contributed by atoms with Gasteiger partial charge < -0.3 is 19.1 Å². The average molecular weight is 716 g/mol. The van der Waals surface area contributed by atoms with Gasteiger partial charge in [0.1, 0.15) is 11.5 Å². The molecule has 0 saturated carbocycles. The molecule has 12 heteroatoms. The van der Waals surface area contributed by atoms with Crippen LogP contribution >= 0.6 is 23.2 Å². The Hall–Kier alpha value is -3.15. The van der Waals surface area contributed by atoms with Gasteiger partial charge >= 0.3 is 29.6 Å². The van der Waals surface area contributed by atoms with Crippen molar-refractivity contribution in [3.8, 4) is 22.8 Å². The molecule has 0 spiro atoms. The van der Waals surface area contributed by atoms with Crippen molar-refractivity contribution in [1.29, 1.82) is 0 Å². The average Bonchev–Trinajstić information content (AvgIpc) is 3.51. The van der Waals surface area contributed by atoms with E-state index in [0.717, 1.165) is 22.4 Å². The Morgan fingerprint density at radius 2 is 1.60 bits per heavy atom. The molecule has 0 aliphatic rings. The van der Waals surface area contributed by atoms with Crippen molar-refractivity contribution >= 4 is 39.2 Å². The number of amides is 1. The van der Waals surface area contributed by atoms with Gasteiger partial charge in [-0.2, -0.15) is 0 Å². The van der Waals surface area contributed by atoms with E-state index in [-0.39, 0.29) is 47.4 Å². The van der Waals surface area contributed by atoms with Crippen molar-refractivity contribution in [2.45, 2.75) is 38.5 Å². The number of rotatable bonds is 11. The number of aromatic nitrogens is 1. The van der Waals surface area contributed by atoms with Crippen LogP contribution < -0.4 is 39.6 Å². The molecule has 4 aromatic carbocycles. The third-order valence-electron chi connectivity index (χ3n) is 7.60. The van der Waals surface area contributed by atoms with Crippen molar-refractivity contribution in [3.63, 3.8) is 0 Å². The van der Waals surface area contributed by atoms with Crippen LogP contribution in [0.25, 0.3) is 11.3 Å². The summed E-state index contributed by atoms with van der Waals surface area (Å²) in [4.78, 5) is 12.5. The van der Waals surface area contributed by atoms with Crippen LogP contribution in [0.3, 0.4) is 0 Å². The van der Waals surface area contributed by atoms with E-state index in [1.807, 2.05) is 42.5 Å². The zero-order valence-corrected chi connectivity index (χ0v) is 31.3. The normalized spacial score (nSPS) is 12.2. The minimum Gasteiger partial charge on any atom is -0.748 e. The minimum absolute atomic E-state index is 0. The van der Waals surface area contributed by atoms with Crippen molar-refractivity contribution in [1.82, 2.24) is 10.5 Å². The smallest absolute Gasteiger partial charge is 0.748 e. The van der Waals surface area contributed by atoms with E-state index >= 15 is 0 Å². The third-order valence-corrected chi connectivity index (χ3v) is 9.05. The van der Waals surface area contributed by atoms with Gasteiger partial charge in [0, 0.05) is 35.7 Å². The number of nitrogens with zero attached hydrogens (tertiary/aromatic N) is 1. The summed E-state index contributed by atoms with van der Waals surface area (Å²) in [5.41, 5.74) is 5.08. The monoisotopic (exact) mass is 714 g/mol. The van der Waals surface area contributed by atoms with Gasteiger partial charge in [-0.1, -0.05) is 97.7 Å². The molecule has 1 aromatic heterocycles. The van der Waals surface area contributed by atoms with Gasteiger partial charge in [0.25, 0.3) is 5.91 Å². The number of carbonyl (C=O) groups is 1. The Kier molecular flexibility index (Phi) is 12.6. The number of ether oxygens (including phenoxy) is 1. The first-order valence-electron chi connectivity index (χ1n) is 14.9. The second-order valence-electron chi connectivity index (χ2n) is 12.2. The number of carbonyl (C=O) groups excluding carboxylic acids is 1. The molecule has 48 heavy (non-hydrogen) atoms.